The van der Waals surface area contributed by atoms with Crippen LogP contribution in [-0.4, -0.2) is 0 Å². The normalized spacial score (nSPS) is 10.5. The Bertz CT molecular complexity index is 557. The van der Waals surface area contributed by atoms with Crippen molar-refractivity contribution >= 4 is 11.4 Å². The SMILES string of the molecule is Cc1cc(C)c(C)c(NCc2ccc(N)cc2)c1C. The van der Waals surface area contributed by atoms with Crippen molar-refractivity contribution in [2.24, 2.45) is 0 Å². The second-order valence-corrected chi connectivity index (χ2v) is 5.23. The van der Waals surface area contributed by atoms with E-state index in [0.29, 0.717) is 0 Å². The molecule has 0 aliphatic carbocycles. The highest BCUT2D eigenvalue weighted by Gasteiger charge is 2.07. The van der Waals surface area contributed by atoms with Crippen molar-refractivity contribution < 1.29 is 0 Å². The summed E-state index contributed by atoms with van der Waals surface area (Å²) in [5.74, 6) is 0. The Morgan fingerprint density at radius 1 is 0.895 bits per heavy atom. The van der Waals surface area contributed by atoms with Crippen LogP contribution in [0.25, 0.3) is 0 Å². The summed E-state index contributed by atoms with van der Waals surface area (Å²) in [7, 11) is 0. The van der Waals surface area contributed by atoms with Gasteiger partial charge in [0.05, 0.1) is 0 Å². The van der Waals surface area contributed by atoms with Crippen molar-refractivity contribution in [1.82, 2.24) is 0 Å². The molecule has 0 heterocycles. The first-order valence-corrected chi connectivity index (χ1v) is 6.64. The van der Waals surface area contributed by atoms with Gasteiger partial charge in [-0.05, 0) is 67.6 Å². The number of anilines is 2. The van der Waals surface area contributed by atoms with Crippen molar-refractivity contribution in [1.29, 1.82) is 0 Å². The third-order valence-electron chi connectivity index (χ3n) is 3.82. The smallest absolute Gasteiger partial charge is 0.0407 e. The summed E-state index contributed by atoms with van der Waals surface area (Å²) < 4.78 is 0. The number of nitrogens with one attached hydrogen (secondary N) is 1. The number of hydrogen-bond donors (Lipinski definition) is 2. The van der Waals surface area contributed by atoms with Crippen molar-refractivity contribution in [3.8, 4) is 0 Å². The summed E-state index contributed by atoms with van der Waals surface area (Å²) >= 11 is 0. The molecule has 2 aromatic rings. The first-order chi connectivity index (χ1) is 8.99. The van der Waals surface area contributed by atoms with Gasteiger partial charge in [-0.2, -0.15) is 0 Å². The third kappa shape index (κ3) is 2.90. The Morgan fingerprint density at radius 2 is 1.42 bits per heavy atom. The fourth-order valence-corrected chi connectivity index (χ4v) is 2.31. The summed E-state index contributed by atoms with van der Waals surface area (Å²) in [4.78, 5) is 0. The molecular weight excluding hydrogens is 232 g/mol. The maximum atomic E-state index is 5.70. The van der Waals surface area contributed by atoms with Crippen LogP contribution in [0.4, 0.5) is 11.4 Å². The minimum Gasteiger partial charge on any atom is -0.399 e. The first kappa shape index (κ1) is 13.5. The summed E-state index contributed by atoms with van der Waals surface area (Å²) in [5.41, 5.74) is 14.3. The van der Waals surface area contributed by atoms with Crippen LogP contribution in [0, 0.1) is 27.7 Å². The van der Waals surface area contributed by atoms with Gasteiger partial charge >= 0.3 is 0 Å². The standard InChI is InChI=1S/C17H22N2/c1-11-9-12(2)14(4)17(13(11)3)19-10-15-5-7-16(18)8-6-15/h5-9,19H,10,18H2,1-4H3. The lowest BCUT2D eigenvalue weighted by molar-refractivity contribution is 1.11. The molecule has 0 amide bonds. The zero-order valence-corrected chi connectivity index (χ0v) is 12.2. The van der Waals surface area contributed by atoms with Crippen molar-refractivity contribution in [3.63, 3.8) is 0 Å². The fraction of sp³-hybridized carbons (Fsp3) is 0.294. The number of nitrogen functional groups attached to an aromatic ring is 1. The number of benzene rings is 2. The summed E-state index contributed by atoms with van der Waals surface area (Å²) in [6, 6.07) is 10.3. The highest BCUT2D eigenvalue weighted by molar-refractivity contribution is 5.62. The van der Waals surface area contributed by atoms with Crippen LogP contribution in [0.1, 0.15) is 27.8 Å². The lowest BCUT2D eigenvalue weighted by atomic mass is 9.98. The molecule has 0 radical (unpaired) electrons. The molecule has 0 spiro atoms. The minimum atomic E-state index is 0.808. The molecule has 2 rings (SSSR count). The summed E-state index contributed by atoms with van der Waals surface area (Å²) in [5, 5.41) is 3.56. The Balaban J connectivity index is 2.22. The van der Waals surface area contributed by atoms with Crippen molar-refractivity contribution in [2.45, 2.75) is 34.2 Å². The lowest BCUT2D eigenvalue weighted by Gasteiger charge is -2.17. The zero-order chi connectivity index (χ0) is 14.0. The fourth-order valence-electron chi connectivity index (χ4n) is 2.31. The van der Waals surface area contributed by atoms with Gasteiger partial charge < -0.3 is 11.1 Å². The maximum absolute atomic E-state index is 5.70. The van der Waals surface area contributed by atoms with E-state index in [1.54, 1.807) is 0 Å². The summed E-state index contributed by atoms with van der Waals surface area (Å²) in [6.45, 7) is 9.50. The van der Waals surface area contributed by atoms with Crippen LogP contribution in [0.3, 0.4) is 0 Å². The topological polar surface area (TPSA) is 38.0 Å². The van der Waals surface area contributed by atoms with Crippen molar-refractivity contribution in [2.75, 3.05) is 11.1 Å². The Labute approximate surface area is 115 Å². The molecule has 0 fully saturated rings. The van der Waals surface area contributed by atoms with E-state index in [0.717, 1.165) is 12.2 Å². The van der Waals surface area contributed by atoms with Gasteiger partial charge in [0.1, 0.15) is 0 Å². The second kappa shape index (κ2) is 5.35. The Hall–Kier alpha value is -1.96. The predicted molar refractivity (Wildman–Crippen MR) is 83.6 cm³/mol. The van der Waals surface area contributed by atoms with E-state index < -0.39 is 0 Å². The quantitative estimate of drug-likeness (QED) is 0.809. The zero-order valence-electron chi connectivity index (χ0n) is 12.2. The van der Waals surface area contributed by atoms with E-state index in [2.05, 4.69) is 51.2 Å². The van der Waals surface area contributed by atoms with Crippen LogP contribution in [0.2, 0.25) is 0 Å². The van der Waals surface area contributed by atoms with Gasteiger partial charge in [0.15, 0.2) is 0 Å². The molecule has 0 atom stereocenters. The molecule has 2 heteroatoms. The first-order valence-electron chi connectivity index (χ1n) is 6.64. The average Bonchev–Trinajstić information content (AvgIpc) is 2.38. The van der Waals surface area contributed by atoms with E-state index in [1.165, 1.54) is 33.5 Å². The second-order valence-electron chi connectivity index (χ2n) is 5.23. The molecule has 2 nitrogen and oxygen atoms in total. The molecule has 0 saturated carbocycles. The van der Waals surface area contributed by atoms with E-state index >= 15 is 0 Å². The van der Waals surface area contributed by atoms with Crippen LogP contribution >= 0.6 is 0 Å². The van der Waals surface area contributed by atoms with Gasteiger partial charge in [-0.15, -0.1) is 0 Å². The summed E-state index contributed by atoms with van der Waals surface area (Å²) in [6.07, 6.45) is 0. The van der Waals surface area contributed by atoms with Gasteiger partial charge in [-0.3, -0.25) is 0 Å². The number of rotatable bonds is 3. The lowest BCUT2D eigenvalue weighted by Crippen LogP contribution is -2.05. The molecular formula is C17H22N2. The van der Waals surface area contributed by atoms with Crippen LogP contribution < -0.4 is 11.1 Å². The molecule has 0 aliphatic heterocycles. The number of nitrogens with two attached hydrogens (primary N) is 1. The molecule has 0 aromatic heterocycles. The molecule has 0 bridgehead atoms. The van der Waals surface area contributed by atoms with E-state index in [1.807, 2.05) is 12.1 Å². The van der Waals surface area contributed by atoms with Gasteiger partial charge in [-0.25, -0.2) is 0 Å². The average molecular weight is 254 g/mol. The van der Waals surface area contributed by atoms with Gasteiger partial charge in [0, 0.05) is 17.9 Å². The predicted octanol–water partition coefficient (Wildman–Crippen LogP) is 4.11. The molecule has 19 heavy (non-hydrogen) atoms. The van der Waals surface area contributed by atoms with Gasteiger partial charge in [0.2, 0.25) is 0 Å². The number of aryl methyl sites for hydroxylation is 2. The number of hydrogen-bond acceptors (Lipinski definition) is 2. The third-order valence-corrected chi connectivity index (χ3v) is 3.82. The van der Waals surface area contributed by atoms with Crippen LogP contribution in [0.15, 0.2) is 30.3 Å². The van der Waals surface area contributed by atoms with E-state index in [9.17, 15) is 0 Å². The molecule has 3 N–H and O–H groups in total. The molecule has 100 valence electrons. The van der Waals surface area contributed by atoms with E-state index in [-0.39, 0.29) is 0 Å². The Kier molecular flexibility index (Phi) is 3.79. The molecule has 0 aliphatic rings. The minimum absolute atomic E-state index is 0.808. The highest BCUT2D eigenvalue weighted by atomic mass is 14.9. The molecule has 0 saturated heterocycles. The van der Waals surface area contributed by atoms with Gasteiger partial charge in [-0.1, -0.05) is 18.2 Å². The molecule has 0 unspecified atom stereocenters. The Morgan fingerprint density at radius 3 is 1.95 bits per heavy atom. The van der Waals surface area contributed by atoms with Crippen LogP contribution in [0.5, 0.6) is 0 Å². The van der Waals surface area contributed by atoms with E-state index in [4.69, 9.17) is 5.73 Å². The largest absolute Gasteiger partial charge is 0.399 e. The molecule has 2 aromatic carbocycles. The monoisotopic (exact) mass is 254 g/mol. The van der Waals surface area contributed by atoms with Gasteiger partial charge in [0.25, 0.3) is 0 Å². The highest BCUT2D eigenvalue weighted by Crippen LogP contribution is 2.27. The van der Waals surface area contributed by atoms with Crippen molar-refractivity contribution in [3.05, 3.63) is 58.1 Å². The maximum Gasteiger partial charge on any atom is 0.0407 e. The van der Waals surface area contributed by atoms with Crippen LogP contribution in [-0.2, 0) is 6.54 Å².